The number of methoxy groups -OCH3 is 2. The summed E-state index contributed by atoms with van der Waals surface area (Å²) in [7, 11) is 7.07. The number of nitrogens with two attached hydrogens (primary N) is 1. The third-order valence-corrected chi connectivity index (χ3v) is 14.0. The van der Waals surface area contributed by atoms with Crippen molar-refractivity contribution in [2.75, 3.05) is 91.6 Å². The van der Waals surface area contributed by atoms with Crippen LogP contribution in [0, 0.1) is 22.7 Å². The van der Waals surface area contributed by atoms with Crippen LogP contribution in [-0.4, -0.2) is 162 Å². The molecule has 6 aromatic rings. The van der Waals surface area contributed by atoms with Crippen molar-refractivity contribution in [3.05, 3.63) is 108 Å². The number of halogens is 1. The van der Waals surface area contributed by atoms with Gasteiger partial charge in [-0.05, 0) is 127 Å². The Morgan fingerprint density at radius 1 is 0.610 bits per heavy atom. The minimum Gasteiger partial charge on any atom is -0.489 e. The number of benzene rings is 2. The number of ether oxygens (including phenoxy) is 6. The number of aromatic nitrogens is 6. The second-order valence-electron chi connectivity index (χ2n) is 19.8. The monoisotopic (exact) mass is 1140 g/mol. The number of carboxylic acids is 1. The van der Waals surface area contributed by atoms with Gasteiger partial charge in [-0.3, -0.25) is 4.79 Å². The number of anilines is 4. The summed E-state index contributed by atoms with van der Waals surface area (Å²) >= 11 is 0. The van der Waals surface area contributed by atoms with Crippen LogP contribution in [-0.2, 0) is 9.47 Å². The highest BCUT2D eigenvalue weighted by molar-refractivity contribution is 5.97. The van der Waals surface area contributed by atoms with E-state index in [9.17, 15) is 25.2 Å². The lowest BCUT2D eigenvalue weighted by Gasteiger charge is -2.29. The molecule has 0 saturated carbocycles. The number of rotatable bonds is 15. The third-order valence-electron chi connectivity index (χ3n) is 14.0. The van der Waals surface area contributed by atoms with Crippen molar-refractivity contribution >= 4 is 47.6 Å². The van der Waals surface area contributed by atoms with Gasteiger partial charge in [-0.25, -0.2) is 24.7 Å². The molecule has 0 bridgehead atoms. The molecule has 4 aromatic heterocycles. The van der Waals surface area contributed by atoms with Crippen LogP contribution in [0.4, 0.5) is 23.3 Å². The lowest BCUT2D eigenvalue weighted by atomic mass is 10.1. The summed E-state index contributed by atoms with van der Waals surface area (Å²) in [5.41, 5.74) is 9.57. The predicted molar refractivity (Wildman–Crippen MR) is 308 cm³/mol. The molecule has 23 nitrogen and oxygen atoms in total. The Hall–Kier alpha value is -8.29. The molecule has 10 rings (SSSR count). The van der Waals surface area contributed by atoms with Crippen LogP contribution >= 0.6 is 12.4 Å². The summed E-state index contributed by atoms with van der Waals surface area (Å²) in [6.07, 6.45) is 10.3. The highest BCUT2D eigenvalue weighted by atomic mass is 35.5. The van der Waals surface area contributed by atoms with Gasteiger partial charge in [0.2, 0.25) is 11.8 Å². The highest BCUT2D eigenvalue weighted by Crippen LogP contribution is 2.31. The number of nitriles is 2. The van der Waals surface area contributed by atoms with Crippen LogP contribution in [0.5, 0.6) is 23.3 Å². The van der Waals surface area contributed by atoms with Crippen LogP contribution in [0.15, 0.2) is 85.5 Å². The van der Waals surface area contributed by atoms with Crippen LogP contribution < -0.4 is 40.6 Å². The molecule has 2 aromatic carbocycles. The van der Waals surface area contributed by atoms with E-state index in [0.29, 0.717) is 95.3 Å². The summed E-state index contributed by atoms with van der Waals surface area (Å²) in [6, 6.07) is 25.6. The Morgan fingerprint density at radius 2 is 1.05 bits per heavy atom. The predicted octanol–water partition coefficient (Wildman–Crippen LogP) is 7.42. The number of amides is 1. The third kappa shape index (κ3) is 17.4. The number of hydrogen-bond acceptors (Lipinski definition) is 21. The first kappa shape index (κ1) is 61.3. The smallest absolute Gasteiger partial charge is 0.341 e. The van der Waals surface area contributed by atoms with E-state index in [1.807, 2.05) is 12.1 Å². The normalized spacial score (nSPS) is 16.2. The number of aromatic carboxylic acids is 1. The molecule has 6 N–H and O–H groups in total. The second kappa shape index (κ2) is 30.5. The van der Waals surface area contributed by atoms with Gasteiger partial charge in [0.15, 0.2) is 0 Å². The summed E-state index contributed by atoms with van der Waals surface area (Å²) < 4.78 is 33.3. The molecule has 432 valence electrons. The van der Waals surface area contributed by atoms with Crippen molar-refractivity contribution < 1.29 is 43.1 Å². The van der Waals surface area contributed by atoms with Gasteiger partial charge in [-0.1, -0.05) is 0 Å². The number of carboxylic acid groups (broad SMARTS) is 1. The van der Waals surface area contributed by atoms with E-state index >= 15 is 0 Å². The van der Waals surface area contributed by atoms with Gasteiger partial charge >= 0.3 is 5.97 Å². The van der Waals surface area contributed by atoms with Gasteiger partial charge < -0.3 is 65.0 Å². The fourth-order valence-corrected chi connectivity index (χ4v) is 9.25. The number of pyridine rings is 2. The molecule has 0 radical (unpaired) electrons. The van der Waals surface area contributed by atoms with E-state index in [1.54, 1.807) is 48.5 Å². The first-order valence-corrected chi connectivity index (χ1v) is 26.9. The van der Waals surface area contributed by atoms with Crippen LogP contribution in [0.3, 0.4) is 0 Å². The lowest BCUT2D eigenvalue weighted by Crippen LogP contribution is -2.43. The Kier molecular flexibility index (Phi) is 22.8. The van der Waals surface area contributed by atoms with E-state index in [1.165, 1.54) is 64.9 Å². The lowest BCUT2D eigenvalue weighted by molar-refractivity contribution is 0.0252. The topological polar surface area (TPSA) is 303 Å². The van der Waals surface area contributed by atoms with E-state index in [0.717, 1.165) is 62.7 Å². The zero-order valence-electron chi connectivity index (χ0n) is 46.4. The number of likely N-dealkylation sites (tertiary alicyclic amines) is 2. The molecular weight excluding hydrogens is 1070 g/mol. The molecule has 0 spiro atoms. The second-order valence-corrected chi connectivity index (χ2v) is 19.8. The number of piperidine rings is 2. The quantitative estimate of drug-likeness (QED) is 0.0668. The molecule has 4 fully saturated rings. The molecule has 4 aliphatic heterocycles. The zero-order chi connectivity index (χ0) is 57.1. The Balaban J connectivity index is 0.000000208. The van der Waals surface area contributed by atoms with Crippen LogP contribution in [0.1, 0.15) is 83.2 Å². The van der Waals surface area contributed by atoms with Gasteiger partial charge in [0, 0.05) is 61.0 Å². The number of hydrogen-bond donors (Lipinski definition) is 5. The van der Waals surface area contributed by atoms with E-state index in [4.69, 9.17) is 34.2 Å². The molecule has 0 atom stereocenters. The number of carbonyl (C=O) groups excluding carboxylic acids is 1. The summed E-state index contributed by atoms with van der Waals surface area (Å²) in [5, 5.41) is 37.8. The fourth-order valence-electron chi connectivity index (χ4n) is 9.25. The van der Waals surface area contributed by atoms with Crippen molar-refractivity contribution in [1.82, 2.24) is 45.0 Å². The number of nitrogens with zero attached hydrogens (tertiary/aromatic N) is 10. The Labute approximate surface area is 482 Å². The van der Waals surface area contributed by atoms with E-state index in [2.05, 4.69) is 81.9 Å². The first-order chi connectivity index (χ1) is 39.4. The molecule has 24 heteroatoms. The molecule has 0 unspecified atom stereocenters. The fraction of sp³-hybridized carbons (Fsp3) is 0.414. The maximum absolute atomic E-state index is 12.9. The standard InChI is InChI=1S/C29H33N7O4.C23H21N5O5.C6H14N2.ClH/c1-36-11-7-21(8-12-36)33-28(37)23-4-6-26(35-29(23)38-2)34-27-16-24(31-18-32-27)19-3-5-25(20(15-19)17-30)40-22-9-13-39-14-10-22;1-31-22-17(23(29)30)3-5-20(28-22)27-21-11-18(25-13-26-21)14-2-4-19(15(10-14)12-24)33-16-6-8-32-9-7-16;1-8-4-2-6(7)3-5-8;/h3-6,15-16,18,21-22H,7-14H2,1-2H3,(H,33,37)(H,31,32,34,35);2-5,10-11,13,16H,6-9H2,1H3,(H,29,30)(H,25,26,27,28);6H,2-5,7H2,1H3;1H. The first-order valence-electron chi connectivity index (χ1n) is 26.9. The summed E-state index contributed by atoms with van der Waals surface area (Å²) in [6.45, 7) is 6.91. The Bertz CT molecular complexity index is 3160. The maximum Gasteiger partial charge on any atom is 0.341 e. The molecular formula is C58H69ClN14O9. The van der Waals surface area contributed by atoms with E-state index in [-0.39, 0.29) is 53.9 Å². The molecule has 4 aliphatic rings. The van der Waals surface area contributed by atoms with E-state index < -0.39 is 5.97 Å². The molecule has 4 saturated heterocycles. The number of nitrogens with one attached hydrogen (secondary N) is 3. The minimum atomic E-state index is -1.13. The molecule has 1 amide bonds. The average molecular weight is 1140 g/mol. The van der Waals surface area contributed by atoms with Crippen molar-refractivity contribution in [2.24, 2.45) is 5.73 Å². The van der Waals surface area contributed by atoms with Crippen molar-refractivity contribution in [1.29, 1.82) is 10.5 Å². The largest absolute Gasteiger partial charge is 0.489 e. The van der Waals surface area contributed by atoms with Gasteiger partial charge in [-0.2, -0.15) is 20.5 Å². The molecule has 82 heavy (non-hydrogen) atoms. The molecule has 0 aliphatic carbocycles. The van der Waals surface area contributed by atoms with Gasteiger partial charge in [-0.15, -0.1) is 12.4 Å². The van der Waals surface area contributed by atoms with Crippen LogP contribution in [0.2, 0.25) is 0 Å². The van der Waals surface area contributed by atoms with Crippen LogP contribution in [0.25, 0.3) is 22.5 Å². The van der Waals surface area contributed by atoms with Crippen molar-refractivity contribution in [2.45, 2.75) is 75.7 Å². The van der Waals surface area contributed by atoms with Crippen molar-refractivity contribution in [3.63, 3.8) is 0 Å². The maximum atomic E-state index is 12.9. The molecule has 8 heterocycles. The number of carbonyl (C=O) groups is 2. The average Bonchev–Trinajstić information content (AvgIpc) is 3.51. The SMILES string of the molecule is CN1CCC(N)CC1.COc1nc(Nc2cc(-c3ccc(OC4CCOCC4)c(C#N)c3)ncn2)ccc1C(=O)NC1CCN(C)CC1.COc1nc(Nc2cc(-c3ccc(OC4CCOCC4)c(C#N)c3)ncn2)ccc1C(=O)O.Cl. The summed E-state index contributed by atoms with van der Waals surface area (Å²) in [4.78, 5) is 54.6. The highest BCUT2D eigenvalue weighted by Gasteiger charge is 2.24. The Morgan fingerprint density at radius 3 is 1.48 bits per heavy atom. The van der Waals surface area contributed by atoms with Gasteiger partial charge in [0.05, 0.1) is 63.2 Å². The van der Waals surface area contributed by atoms with Gasteiger partial charge in [0.25, 0.3) is 5.91 Å². The zero-order valence-corrected chi connectivity index (χ0v) is 47.2. The van der Waals surface area contributed by atoms with Gasteiger partial charge in [0.1, 0.15) is 82.9 Å². The van der Waals surface area contributed by atoms with Crippen molar-refractivity contribution in [3.8, 4) is 57.9 Å². The summed E-state index contributed by atoms with van der Waals surface area (Å²) in [5.74, 6) is 1.75. The minimum absolute atomic E-state index is 0.